The maximum Gasteiger partial charge on any atom is 0.253 e. The minimum absolute atomic E-state index is 0.382. The number of rotatable bonds is 2. The van der Waals surface area contributed by atoms with Gasteiger partial charge in [0.15, 0.2) is 0 Å². The average molecular weight is 200 g/mol. The molecule has 1 aromatic carbocycles. The molecule has 14 heavy (non-hydrogen) atoms. The molecule has 0 amide bonds. The minimum Gasteiger partial charge on any atom is -0.383 e. The van der Waals surface area contributed by atoms with Crippen molar-refractivity contribution in [3.63, 3.8) is 0 Å². The number of nitrogens with one attached hydrogen (secondary N) is 2. The van der Waals surface area contributed by atoms with Crippen LogP contribution in [0.4, 0.5) is 11.4 Å². The SMILES string of the molecule is CC.CC.CNc1c(NC)c(=O)c1=O. The number of hydrogen-bond acceptors (Lipinski definition) is 4. The smallest absolute Gasteiger partial charge is 0.253 e. The molecular formula is C10H20N2O2. The van der Waals surface area contributed by atoms with Gasteiger partial charge in [-0.05, 0) is 0 Å². The van der Waals surface area contributed by atoms with E-state index in [-0.39, 0.29) is 0 Å². The van der Waals surface area contributed by atoms with Crippen LogP contribution in [0.1, 0.15) is 27.7 Å². The highest BCUT2D eigenvalue weighted by Gasteiger charge is 2.17. The van der Waals surface area contributed by atoms with Gasteiger partial charge < -0.3 is 10.6 Å². The fourth-order valence-corrected chi connectivity index (χ4v) is 0.869. The molecule has 0 aliphatic heterocycles. The Hall–Kier alpha value is -1.32. The normalized spacial score (nSPS) is 7.86. The van der Waals surface area contributed by atoms with E-state index in [0.717, 1.165) is 0 Å². The predicted molar refractivity (Wildman–Crippen MR) is 63.1 cm³/mol. The molecule has 0 aliphatic rings. The Labute approximate surface area is 85.0 Å². The highest BCUT2D eigenvalue weighted by Crippen LogP contribution is 2.10. The molecular weight excluding hydrogens is 180 g/mol. The lowest BCUT2D eigenvalue weighted by atomic mass is 10.2. The van der Waals surface area contributed by atoms with E-state index >= 15 is 0 Å². The fraction of sp³-hybridized carbons (Fsp3) is 0.600. The molecule has 82 valence electrons. The summed E-state index contributed by atoms with van der Waals surface area (Å²) in [5, 5.41) is 5.26. The minimum atomic E-state index is -0.438. The monoisotopic (exact) mass is 200 g/mol. The molecule has 1 aromatic rings. The summed E-state index contributed by atoms with van der Waals surface area (Å²) in [5.74, 6) is 0. The van der Waals surface area contributed by atoms with E-state index in [9.17, 15) is 9.59 Å². The molecule has 0 aliphatic carbocycles. The van der Waals surface area contributed by atoms with Crippen LogP contribution in [0, 0.1) is 0 Å². The van der Waals surface area contributed by atoms with Crippen LogP contribution < -0.4 is 21.5 Å². The lowest BCUT2D eigenvalue weighted by Gasteiger charge is -2.07. The molecule has 0 heterocycles. The Morgan fingerprint density at radius 2 is 0.929 bits per heavy atom. The first-order valence-corrected chi connectivity index (χ1v) is 4.91. The molecule has 0 spiro atoms. The third-order valence-electron chi connectivity index (χ3n) is 1.41. The van der Waals surface area contributed by atoms with E-state index in [1.807, 2.05) is 27.7 Å². The van der Waals surface area contributed by atoms with Crippen LogP contribution >= 0.6 is 0 Å². The van der Waals surface area contributed by atoms with Crippen molar-refractivity contribution in [1.29, 1.82) is 0 Å². The molecule has 0 fully saturated rings. The van der Waals surface area contributed by atoms with Gasteiger partial charge in [-0.3, -0.25) is 9.59 Å². The number of anilines is 2. The Balaban J connectivity index is 0. The van der Waals surface area contributed by atoms with Gasteiger partial charge in [-0.2, -0.15) is 0 Å². The summed E-state index contributed by atoms with van der Waals surface area (Å²) in [6.07, 6.45) is 0. The highest BCUT2D eigenvalue weighted by molar-refractivity contribution is 5.73. The van der Waals surface area contributed by atoms with Crippen LogP contribution in [0.5, 0.6) is 0 Å². The van der Waals surface area contributed by atoms with E-state index in [4.69, 9.17) is 0 Å². The van der Waals surface area contributed by atoms with Crippen molar-refractivity contribution < 1.29 is 0 Å². The highest BCUT2D eigenvalue weighted by atomic mass is 16.2. The summed E-state index contributed by atoms with van der Waals surface area (Å²) in [4.78, 5) is 21.3. The summed E-state index contributed by atoms with van der Waals surface area (Å²) in [7, 11) is 3.22. The zero-order valence-electron chi connectivity index (χ0n) is 9.82. The summed E-state index contributed by atoms with van der Waals surface area (Å²) in [5.41, 5.74) is -0.112. The van der Waals surface area contributed by atoms with Crippen LogP contribution in [0.2, 0.25) is 0 Å². The Morgan fingerprint density at radius 1 is 0.714 bits per heavy atom. The van der Waals surface area contributed by atoms with Crippen LogP contribution in [-0.4, -0.2) is 14.1 Å². The Kier molecular flexibility index (Phi) is 8.98. The standard InChI is InChI=1S/C6H8N2O2.2C2H6/c1-7-3-4(8-2)6(10)5(3)9;2*1-2/h7-8H,1-2H3;2*1-2H3. The van der Waals surface area contributed by atoms with Gasteiger partial charge in [0.25, 0.3) is 10.9 Å². The van der Waals surface area contributed by atoms with Gasteiger partial charge in [-0.25, -0.2) is 0 Å². The predicted octanol–water partition coefficient (Wildman–Crippen LogP) is 1.42. The van der Waals surface area contributed by atoms with E-state index in [1.54, 1.807) is 14.1 Å². The van der Waals surface area contributed by atoms with E-state index in [2.05, 4.69) is 10.6 Å². The molecule has 0 atom stereocenters. The van der Waals surface area contributed by atoms with Gasteiger partial charge >= 0.3 is 0 Å². The summed E-state index contributed by atoms with van der Waals surface area (Å²) >= 11 is 0. The maximum atomic E-state index is 10.7. The zero-order valence-corrected chi connectivity index (χ0v) is 9.82. The molecule has 0 radical (unpaired) electrons. The van der Waals surface area contributed by atoms with Gasteiger partial charge in [-0.1, -0.05) is 27.7 Å². The lowest BCUT2D eigenvalue weighted by molar-refractivity contribution is 1.32. The topological polar surface area (TPSA) is 58.2 Å². The quantitative estimate of drug-likeness (QED) is 0.709. The van der Waals surface area contributed by atoms with E-state index in [1.165, 1.54) is 0 Å². The van der Waals surface area contributed by atoms with Gasteiger partial charge in [0.05, 0.1) is 0 Å². The van der Waals surface area contributed by atoms with Crippen molar-refractivity contribution in [2.24, 2.45) is 0 Å². The molecule has 0 saturated heterocycles. The fourth-order valence-electron chi connectivity index (χ4n) is 0.869. The van der Waals surface area contributed by atoms with Crippen molar-refractivity contribution in [2.45, 2.75) is 27.7 Å². The maximum absolute atomic E-state index is 10.7. The van der Waals surface area contributed by atoms with Gasteiger partial charge in [0.2, 0.25) is 0 Å². The first kappa shape index (κ1) is 15.2. The van der Waals surface area contributed by atoms with Crippen molar-refractivity contribution in [1.82, 2.24) is 0 Å². The summed E-state index contributed by atoms with van der Waals surface area (Å²) in [6, 6.07) is 0. The van der Waals surface area contributed by atoms with Crippen LogP contribution in [0.3, 0.4) is 0 Å². The van der Waals surface area contributed by atoms with E-state index in [0.29, 0.717) is 11.4 Å². The van der Waals surface area contributed by atoms with Crippen LogP contribution in [0.15, 0.2) is 9.59 Å². The molecule has 2 N–H and O–H groups in total. The second-order valence-electron chi connectivity index (χ2n) is 1.91. The summed E-state index contributed by atoms with van der Waals surface area (Å²) in [6.45, 7) is 8.00. The van der Waals surface area contributed by atoms with Crippen molar-refractivity contribution in [2.75, 3.05) is 24.7 Å². The van der Waals surface area contributed by atoms with Crippen LogP contribution in [-0.2, 0) is 0 Å². The first-order valence-electron chi connectivity index (χ1n) is 4.91. The second-order valence-corrected chi connectivity index (χ2v) is 1.91. The van der Waals surface area contributed by atoms with Crippen LogP contribution in [0.25, 0.3) is 0 Å². The third-order valence-corrected chi connectivity index (χ3v) is 1.41. The molecule has 1 rings (SSSR count). The molecule has 0 unspecified atom stereocenters. The van der Waals surface area contributed by atoms with Gasteiger partial charge in [0, 0.05) is 14.1 Å². The van der Waals surface area contributed by atoms with Crippen molar-refractivity contribution >= 4 is 11.4 Å². The first-order chi connectivity index (χ1) is 6.72. The summed E-state index contributed by atoms with van der Waals surface area (Å²) < 4.78 is 0. The average Bonchev–Trinajstić information content (AvgIpc) is 2.29. The number of hydrogen-bond donors (Lipinski definition) is 2. The van der Waals surface area contributed by atoms with E-state index < -0.39 is 10.9 Å². The van der Waals surface area contributed by atoms with Crippen molar-refractivity contribution in [3.05, 3.63) is 20.4 Å². The molecule has 0 aromatic heterocycles. The Bertz CT molecular complexity index is 280. The Morgan fingerprint density at radius 3 is 1.07 bits per heavy atom. The third kappa shape index (κ3) is 2.87. The molecule has 0 saturated carbocycles. The zero-order chi connectivity index (χ0) is 11.7. The largest absolute Gasteiger partial charge is 0.383 e. The molecule has 0 bridgehead atoms. The second kappa shape index (κ2) is 8.29. The lowest BCUT2D eigenvalue weighted by Crippen LogP contribution is -2.35. The van der Waals surface area contributed by atoms with Gasteiger partial charge in [0.1, 0.15) is 11.4 Å². The molecule has 4 heteroatoms. The van der Waals surface area contributed by atoms with Gasteiger partial charge in [-0.15, -0.1) is 0 Å². The molecule has 4 nitrogen and oxygen atoms in total. The van der Waals surface area contributed by atoms with Crippen molar-refractivity contribution in [3.8, 4) is 0 Å².